The summed E-state index contributed by atoms with van der Waals surface area (Å²) < 4.78 is 29.6. The minimum Gasteiger partial charge on any atom is -0.481 e. The van der Waals surface area contributed by atoms with E-state index in [9.17, 15) is 13.2 Å². The average molecular weight is 399 g/mol. The van der Waals surface area contributed by atoms with Gasteiger partial charge in [-0.15, -0.1) is 0 Å². The fourth-order valence-corrected chi connectivity index (χ4v) is 3.26. The van der Waals surface area contributed by atoms with Gasteiger partial charge in [-0.25, -0.2) is 8.42 Å². The number of halogens is 1. The van der Waals surface area contributed by atoms with Crippen molar-refractivity contribution < 1.29 is 23.1 Å². The van der Waals surface area contributed by atoms with E-state index in [0.717, 1.165) is 10.7 Å². The smallest absolute Gasteiger partial charge is 0.307 e. The minimum absolute atomic E-state index is 0.103. The number of sulfone groups is 1. The molecule has 122 valence electrons. The molecule has 0 atom stereocenters. The Morgan fingerprint density at radius 2 is 1.96 bits per heavy atom. The van der Waals surface area contributed by atoms with E-state index in [1.54, 1.807) is 42.5 Å². The maximum absolute atomic E-state index is 11.6. The van der Waals surface area contributed by atoms with Crippen LogP contribution in [0.3, 0.4) is 0 Å². The lowest BCUT2D eigenvalue weighted by atomic mass is 10.1. The number of hydrogen-bond donors (Lipinski definition) is 1. The van der Waals surface area contributed by atoms with Gasteiger partial charge in [-0.2, -0.15) is 0 Å². The molecule has 0 amide bonds. The molecule has 2 aromatic carbocycles. The molecule has 0 spiro atoms. The lowest BCUT2D eigenvalue weighted by molar-refractivity contribution is -0.136. The first kappa shape index (κ1) is 17.5. The summed E-state index contributed by atoms with van der Waals surface area (Å²) in [5.41, 5.74) is 1.14. The number of benzene rings is 2. The number of carbonyl (C=O) groups is 1. The molecule has 2 rings (SSSR count). The summed E-state index contributed by atoms with van der Waals surface area (Å²) in [4.78, 5) is 10.8. The van der Waals surface area contributed by atoms with Gasteiger partial charge < -0.3 is 9.84 Å². The second-order valence-electron chi connectivity index (χ2n) is 5.14. The van der Waals surface area contributed by atoms with E-state index in [4.69, 9.17) is 9.84 Å². The number of hydrogen-bond acceptors (Lipinski definition) is 4. The van der Waals surface area contributed by atoms with Crippen LogP contribution in [0.2, 0.25) is 0 Å². The number of ether oxygens (including phenoxy) is 1. The largest absolute Gasteiger partial charge is 0.481 e. The van der Waals surface area contributed by atoms with Crippen LogP contribution in [0, 0.1) is 0 Å². The summed E-state index contributed by atoms with van der Waals surface area (Å²) in [5.74, 6) is -0.188. The van der Waals surface area contributed by atoms with Crippen LogP contribution >= 0.6 is 15.9 Å². The molecule has 0 saturated carbocycles. The molecule has 0 aliphatic rings. The Kier molecular flexibility index (Phi) is 5.43. The Labute approximate surface area is 143 Å². The van der Waals surface area contributed by atoms with Gasteiger partial charge in [0, 0.05) is 16.3 Å². The third kappa shape index (κ3) is 5.69. The Bertz CT molecular complexity index is 830. The second-order valence-corrected chi connectivity index (χ2v) is 8.20. The normalized spacial score (nSPS) is 11.2. The lowest BCUT2D eigenvalue weighted by Gasteiger charge is -2.12. The van der Waals surface area contributed by atoms with Crippen LogP contribution in [0.5, 0.6) is 11.5 Å². The fourth-order valence-electron chi connectivity index (χ4n) is 2.06. The van der Waals surface area contributed by atoms with Crippen LogP contribution in [-0.4, -0.2) is 25.7 Å². The molecule has 0 bridgehead atoms. The van der Waals surface area contributed by atoms with Crippen LogP contribution in [0.4, 0.5) is 0 Å². The second kappa shape index (κ2) is 7.14. The van der Waals surface area contributed by atoms with Gasteiger partial charge in [0.25, 0.3) is 0 Å². The van der Waals surface area contributed by atoms with Crippen LogP contribution in [0.15, 0.2) is 46.9 Å². The van der Waals surface area contributed by atoms with E-state index in [2.05, 4.69) is 15.9 Å². The van der Waals surface area contributed by atoms with Gasteiger partial charge in [-0.3, -0.25) is 4.79 Å². The summed E-state index contributed by atoms with van der Waals surface area (Å²) in [6.07, 6.45) is 1.05. The molecule has 0 aromatic heterocycles. The first-order valence-electron chi connectivity index (χ1n) is 6.68. The van der Waals surface area contributed by atoms with Gasteiger partial charge in [-0.1, -0.05) is 28.1 Å². The maximum atomic E-state index is 11.6. The highest BCUT2D eigenvalue weighted by Gasteiger charge is 2.12. The summed E-state index contributed by atoms with van der Waals surface area (Å²) >= 11 is 3.31. The van der Waals surface area contributed by atoms with Gasteiger partial charge in [0.15, 0.2) is 9.84 Å². The van der Waals surface area contributed by atoms with Crippen molar-refractivity contribution in [2.75, 3.05) is 6.26 Å². The molecule has 2 aromatic rings. The molecule has 0 aliphatic heterocycles. The van der Waals surface area contributed by atoms with Crippen molar-refractivity contribution in [3.63, 3.8) is 0 Å². The molecule has 0 saturated heterocycles. The molecular formula is C16H15BrO5S. The summed E-state index contributed by atoms with van der Waals surface area (Å²) in [6, 6.07) is 11.8. The summed E-state index contributed by atoms with van der Waals surface area (Å²) in [5, 5.41) is 8.84. The summed E-state index contributed by atoms with van der Waals surface area (Å²) in [7, 11) is -3.21. The Morgan fingerprint density at radius 3 is 2.61 bits per heavy atom. The molecule has 0 heterocycles. The topological polar surface area (TPSA) is 80.7 Å². The highest BCUT2D eigenvalue weighted by atomic mass is 79.9. The number of aliphatic carboxylic acids is 1. The number of carboxylic acids is 1. The van der Waals surface area contributed by atoms with Gasteiger partial charge in [0.2, 0.25) is 0 Å². The van der Waals surface area contributed by atoms with Crippen LogP contribution < -0.4 is 4.74 Å². The van der Waals surface area contributed by atoms with E-state index in [0.29, 0.717) is 22.6 Å². The molecule has 0 radical (unpaired) electrons. The first-order chi connectivity index (χ1) is 10.7. The zero-order chi connectivity index (χ0) is 17.0. The molecule has 1 N–H and O–H groups in total. The van der Waals surface area contributed by atoms with Crippen LogP contribution in [0.25, 0.3) is 0 Å². The lowest BCUT2D eigenvalue weighted by Crippen LogP contribution is -2.03. The van der Waals surface area contributed by atoms with Crippen molar-refractivity contribution in [3.8, 4) is 11.5 Å². The van der Waals surface area contributed by atoms with Gasteiger partial charge >= 0.3 is 5.97 Å². The summed E-state index contributed by atoms with van der Waals surface area (Å²) in [6.45, 7) is 0. The van der Waals surface area contributed by atoms with E-state index >= 15 is 0 Å². The molecular weight excluding hydrogens is 384 g/mol. The predicted octanol–water partition coefficient (Wildman–Crippen LogP) is 3.41. The first-order valence-corrected chi connectivity index (χ1v) is 9.53. The van der Waals surface area contributed by atoms with Crippen molar-refractivity contribution in [2.45, 2.75) is 12.2 Å². The van der Waals surface area contributed by atoms with E-state index in [1.165, 1.54) is 0 Å². The zero-order valence-corrected chi connectivity index (χ0v) is 14.7. The third-order valence-electron chi connectivity index (χ3n) is 2.92. The molecule has 0 unspecified atom stereocenters. The van der Waals surface area contributed by atoms with Gasteiger partial charge in [0.1, 0.15) is 11.5 Å². The van der Waals surface area contributed by atoms with E-state index in [1.807, 2.05) is 0 Å². The fraction of sp³-hybridized carbons (Fsp3) is 0.188. The minimum atomic E-state index is -3.21. The number of rotatable bonds is 6. The van der Waals surface area contributed by atoms with E-state index < -0.39 is 15.8 Å². The molecule has 23 heavy (non-hydrogen) atoms. The highest BCUT2D eigenvalue weighted by Crippen LogP contribution is 2.29. The number of carboxylic acid groups (broad SMARTS) is 1. The zero-order valence-electron chi connectivity index (χ0n) is 12.3. The van der Waals surface area contributed by atoms with Crippen molar-refractivity contribution in [2.24, 2.45) is 0 Å². The SMILES string of the molecule is CS(=O)(=O)Cc1cc(Br)ccc1Oc1cccc(CC(=O)O)c1. The van der Waals surface area contributed by atoms with E-state index in [-0.39, 0.29) is 12.2 Å². The van der Waals surface area contributed by atoms with Gasteiger partial charge in [-0.05, 0) is 35.9 Å². The van der Waals surface area contributed by atoms with Crippen molar-refractivity contribution in [1.82, 2.24) is 0 Å². The highest BCUT2D eigenvalue weighted by molar-refractivity contribution is 9.10. The van der Waals surface area contributed by atoms with Gasteiger partial charge in [0.05, 0.1) is 12.2 Å². The maximum Gasteiger partial charge on any atom is 0.307 e. The van der Waals surface area contributed by atoms with Crippen LogP contribution in [-0.2, 0) is 26.8 Å². The Balaban J connectivity index is 2.31. The standard InChI is InChI=1S/C16H15BrO5S/c1-23(20,21)10-12-9-13(17)5-6-15(12)22-14-4-2-3-11(7-14)8-16(18)19/h2-7,9H,8,10H2,1H3,(H,18,19). The Hall–Kier alpha value is -1.86. The molecule has 0 aliphatic carbocycles. The molecule has 5 nitrogen and oxygen atoms in total. The molecule has 7 heteroatoms. The third-order valence-corrected chi connectivity index (χ3v) is 4.25. The predicted molar refractivity (Wildman–Crippen MR) is 90.5 cm³/mol. The van der Waals surface area contributed by atoms with Crippen molar-refractivity contribution >= 4 is 31.7 Å². The van der Waals surface area contributed by atoms with Crippen molar-refractivity contribution in [1.29, 1.82) is 0 Å². The Morgan fingerprint density at radius 1 is 1.22 bits per heavy atom. The van der Waals surface area contributed by atoms with Crippen molar-refractivity contribution in [3.05, 3.63) is 58.1 Å². The van der Waals surface area contributed by atoms with Crippen LogP contribution in [0.1, 0.15) is 11.1 Å². The molecule has 0 fully saturated rings. The average Bonchev–Trinajstić information content (AvgIpc) is 2.40. The monoisotopic (exact) mass is 398 g/mol. The quantitative estimate of drug-likeness (QED) is 0.805.